The molecule has 1 unspecified atom stereocenters. The zero-order chi connectivity index (χ0) is 15.0. The molecule has 0 saturated heterocycles. The van der Waals surface area contributed by atoms with Gasteiger partial charge in [-0.2, -0.15) is 0 Å². The molecule has 0 saturated carbocycles. The van der Waals surface area contributed by atoms with Crippen LogP contribution >= 0.6 is 15.9 Å². The van der Waals surface area contributed by atoms with Crippen LogP contribution in [0.3, 0.4) is 0 Å². The molecule has 0 bridgehead atoms. The van der Waals surface area contributed by atoms with Crippen LogP contribution in [-0.4, -0.2) is 30.3 Å². The molecule has 20 heavy (non-hydrogen) atoms. The summed E-state index contributed by atoms with van der Waals surface area (Å²) in [6.45, 7) is 4.71. The lowest BCUT2D eigenvalue weighted by atomic mass is 10.1. The minimum atomic E-state index is -0.480. The Hall–Kier alpha value is -1.07. The van der Waals surface area contributed by atoms with Gasteiger partial charge in [-0.1, -0.05) is 29.8 Å². The first-order valence-corrected chi connectivity index (χ1v) is 7.60. The van der Waals surface area contributed by atoms with Crippen molar-refractivity contribution < 1.29 is 14.6 Å². The second-order valence-electron chi connectivity index (χ2n) is 5.14. The molecule has 0 fully saturated rings. The van der Waals surface area contributed by atoms with Crippen molar-refractivity contribution in [2.75, 3.05) is 13.2 Å². The first kappa shape index (κ1) is 17.0. The Labute approximate surface area is 128 Å². The number of rotatable bonds is 8. The molecule has 2 N–H and O–H groups in total. The molecule has 0 spiro atoms. The predicted octanol–water partition coefficient (Wildman–Crippen LogP) is 2.74. The van der Waals surface area contributed by atoms with Crippen molar-refractivity contribution in [1.82, 2.24) is 5.32 Å². The summed E-state index contributed by atoms with van der Waals surface area (Å²) < 4.78 is 6.45. The molecule has 5 heteroatoms. The largest absolute Gasteiger partial charge is 0.493 e. The van der Waals surface area contributed by atoms with E-state index >= 15 is 0 Å². The van der Waals surface area contributed by atoms with Gasteiger partial charge in [0.15, 0.2) is 0 Å². The summed E-state index contributed by atoms with van der Waals surface area (Å²) in [4.78, 5) is 11.6. The van der Waals surface area contributed by atoms with Gasteiger partial charge >= 0.3 is 0 Å². The van der Waals surface area contributed by atoms with Gasteiger partial charge in [-0.15, -0.1) is 0 Å². The van der Waals surface area contributed by atoms with E-state index in [1.165, 1.54) is 0 Å². The number of hydrogen-bond acceptors (Lipinski definition) is 3. The van der Waals surface area contributed by atoms with E-state index in [1.54, 1.807) is 0 Å². The molecule has 0 aliphatic rings. The first-order valence-electron chi connectivity index (χ1n) is 6.80. The molecule has 0 aliphatic heterocycles. The Morgan fingerprint density at radius 3 is 2.60 bits per heavy atom. The molecule has 0 heterocycles. The van der Waals surface area contributed by atoms with Gasteiger partial charge in [0.1, 0.15) is 5.75 Å². The highest BCUT2D eigenvalue weighted by atomic mass is 79.9. The fourth-order valence-corrected chi connectivity index (χ4v) is 2.00. The summed E-state index contributed by atoms with van der Waals surface area (Å²) in [7, 11) is 0. The van der Waals surface area contributed by atoms with Gasteiger partial charge < -0.3 is 15.2 Å². The number of carbonyl (C=O) groups excluding carboxylic acids is 1. The van der Waals surface area contributed by atoms with Gasteiger partial charge in [-0.25, -0.2) is 0 Å². The lowest BCUT2D eigenvalue weighted by molar-refractivity contribution is -0.122. The molecular formula is C15H22BrNO3. The standard InChI is InChI=1S/C15H22BrNO3/c1-11(2)9-13(18)10-17-15(19)7-8-20-14-5-3-12(16)4-6-14/h3-6,11,13,18H,7-10H2,1-2H3,(H,17,19). The Bertz CT molecular complexity index is 406. The lowest BCUT2D eigenvalue weighted by Crippen LogP contribution is -2.33. The maximum atomic E-state index is 11.6. The summed E-state index contributed by atoms with van der Waals surface area (Å²) in [5.41, 5.74) is 0. The first-order chi connectivity index (χ1) is 9.47. The van der Waals surface area contributed by atoms with Crippen LogP contribution in [0, 0.1) is 5.92 Å². The number of halogens is 1. The van der Waals surface area contributed by atoms with Gasteiger partial charge in [0.25, 0.3) is 0 Å². The zero-order valence-corrected chi connectivity index (χ0v) is 13.5. The minimum Gasteiger partial charge on any atom is -0.493 e. The average molecular weight is 344 g/mol. The molecule has 1 rings (SSSR count). The van der Waals surface area contributed by atoms with Crippen molar-refractivity contribution in [3.05, 3.63) is 28.7 Å². The van der Waals surface area contributed by atoms with E-state index in [0.717, 1.165) is 10.2 Å². The Morgan fingerprint density at radius 1 is 1.35 bits per heavy atom. The maximum Gasteiger partial charge on any atom is 0.223 e. The summed E-state index contributed by atoms with van der Waals surface area (Å²) in [6, 6.07) is 7.46. The zero-order valence-electron chi connectivity index (χ0n) is 11.9. The number of carbonyl (C=O) groups is 1. The summed E-state index contributed by atoms with van der Waals surface area (Å²) in [5, 5.41) is 12.4. The smallest absolute Gasteiger partial charge is 0.223 e. The van der Waals surface area contributed by atoms with Crippen molar-refractivity contribution in [3.8, 4) is 5.75 Å². The molecule has 1 amide bonds. The van der Waals surface area contributed by atoms with E-state index in [9.17, 15) is 9.90 Å². The van der Waals surface area contributed by atoms with Gasteiger partial charge in [0.05, 0.1) is 19.1 Å². The Morgan fingerprint density at radius 2 is 2.00 bits per heavy atom. The van der Waals surface area contributed by atoms with Gasteiger partial charge in [-0.3, -0.25) is 4.79 Å². The highest BCUT2D eigenvalue weighted by molar-refractivity contribution is 9.10. The lowest BCUT2D eigenvalue weighted by Gasteiger charge is -2.14. The van der Waals surface area contributed by atoms with E-state index in [2.05, 4.69) is 21.2 Å². The SMILES string of the molecule is CC(C)CC(O)CNC(=O)CCOc1ccc(Br)cc1. The Balaban J connectivity index is 2.15. The number of ether oxygens (including phenoxy) is 1. The van der Waals surface area contributed by atoms with Crippen LogP contribution in [0.25, 0.3) is 0 Å². The van der Waals surface area contributed by atoms with Crippen LogP contribution in [0.15, 0.2) is 28.7 Å². The molecular weight excluding hydrogens is 322 g/mol. The Kier molecular flexibility index (Phi) is 7.62. The number of benzene rings is 1. The van der Waals surface area contributed by atoms with Crippen LogP contribution in [0.2, 0.25) is 0 Å². The second-order valence-corrected chi connectivity index (χ2v) is 6.06. The summed E-state index contributed by atoms with van der Waals surface area (Å²) in [6.07, 6.45) is 0.492. The predicted molar refractivity (Wildman–Crippen MR) is 82.7 cm³/mol. The topological polar surface area (TPSA) is 58.6 Å². The van der Waals surface area contributed by atoms with Crippen molar-refractivity contribution in [2.45, 2.75) is 32.8 Å². The highest BCUT2D eigenvalue weighted by Gasteiger charge is 2.09. The average Bonchev–Trinajstić information content (AvgIpc) is 2.38. The number of amides is 1. The van der Waals surface area contributed by atoms with Crippen LogP contribution < -0.4 is 10.1 Å². The molecule has 1 aromatic carbocycles. The molecule has 4 nitrogen and oxygen atoms in total. The summed E-state index contributed by atoms with van der Waals surface area (Å²) in [5.74, 6) is 1.05. The van der Waals surface area contributed by atoms with Crippen molar-refractivity contribution in [2.24, 2.45) is 5.92 Å². The van der Waals surface area contributed by atoms with Crippen LogP contribution in [-0.2, 0) is 4.79 Å². The van der Waals surface area contributed by atoms with E-state index in [1.807, 2.05) is 38.1 Å². The van der Waals surface area contributed by atoms with Crippen molar-refractivity contribution in [3.63, 3.8) is 0 Å². The fraction of sp³-hybridized carbons (Fsp3) is 0.533. The highest BCUT2D eigenvalue weighted by Crippen LogP contribution is 2.16. The number of aliphatic hydroxyl groups excluding tert-OH is 1. The van der Waals surface area contributed by atoms with Crippen LogP contribution in [0.5, 0.6) is 5.75 Å². The van der Waals surface area contributed by atoms with Crippen LogP contribution in [0.1, 0.15) is 26.7 Å². The molecule has 1 atom stereocenters. The quantitative estimate of drug-likeness (QED) is 0.762. The van der Waals surface area contributed by atoms with E-state index in [4.69, 9.17) is 4.74 Å². The van der Waals surface area contributed by atoms with E-state index < -0.39 is 6.10 Å². The third-order valence-electron chi connectivity index (χ3n) is 2.69. The van der Waals surface area contributed by atoms with Gasteiger partial charge in [-0.05, 0) is 36.6 Å². The fourth-order valence-electron chi connectivity index (χ4n) is 1.74. The van der Waals surface area contributed by atoms with E-state index in [0.29, 0.717) is 25.5 Å². The van der Waals surface area contributed by atoms with Crippen molar-refractivity contribution in [1.29, 1.82) is 0 Å². The maximum absolute atomic E-state index is 11.6. The number of nitrogens with one attached hydrogen (secondary N) is 1. The number of aliphatic hydroxyl groups is 1. The second kappa shape index (κ2) is 8.97. The van der Waals surface area contributed by atoms with Gasteiger partial charge in [0, 0.05) is 11.0 Å². The molecule has 0 radical (unpaired) electrons. The monoisotopic (exact) mass is 343 g/mol. The normalized spacial score (nSPS) is 12.2. The number of hydrogen-bond donors (Lipinski definition) is 2. The van der Waals surface area contributed by atoms with Crippen LogP contribution in [0.4, 0.5) is 0 Å². The molecule has 0 aliphatic carbocycles. The van der Waals surface area contributed by atoms with Gasteiger partial charge in [0.2, 0.25) is 5.91 Å². The third kappa shape index (κ3) is 7.50. The van der Waals surface area contributed by atoms with Crippen molar-refractivity contribution >= 4 is 21.8 Å². The molecule has 112 valence electrons. The third-order valence-corrected chi connectivity index (χ3v) is 3.22. The van der Waals surface area contributed by atoms with E-state index in [-0.39, 0.29) is 12.3 Å². The molecule has 0 aromatic heterocycles. The molecule has 1 aromatic rings. The summed E-state index contributed by atoms with van der Waals surface area (Å²) >= 11 is 3.34. The minimum absolute atomic E-state index is 0.107.